The van der Waals surface area contributed by atoms with Crippen LogP contribution in [0.5, 0.6) is 0 Å². The van der Waals surface area contributed by atoms with Crippen LogP contribution in [0.4, 0.5) is 0 Å². The van der Waals surface area contributed by atoms with Gasteiger partial charge in [-0.1, -0.05) is 33.1 Å². The normalized spacial score (nSPS) is 32.2. The largest absolute Gasteiger partial charge is 0.375 e. The zero-order valence-corrected chi connectivity index (χ0v) is 12.5. The highest BCUT2D eigenvalue weighted by molar-refractivity contribution is 5.09. The summed E-state index contributed by atoms with van der Waals surface area (Å²) in [5, 5.41) is 3.77. The summed E-state index contributed by atoms with van der Waals surface area (Å²) in [7, 11) is 0. The molecule has 2 saturated carbocycles. The average molecular weight is 253 g/mol. The number of ether oxygens (including phenoxy) is 1. The van der Waals surface area contributed by atoms with E-state index in [0.29, 0.717) is 17.6 Å². The molecule has 3 atom stereocenters. The molecule has 0 aliphatic heterocycles. The summed E-state index contributed by atoms with van der Waals surface area (Å²) in [6.45, 7) is 7.88. The highest BCUT2D eigenvalue weighted by Gasteiger charge is 2.55. The third-order valence-corrected chi connectivity index (χ3v) is 5.18. The molecule has 0 saturated heterocycles. The fourth-order valence-corrected chi connectivity index (χ4v) is 3.80. The quantitative estimate of drug-likeness (QED) is 0.775. The second-order valence-corrected chi connectivity index (χ2v) is 6.38. The molecule has 2 rings (SSSR count). The van der Waals surface area contributed by atoms with E-state index in [2.05, 4.69) is 26.1 Å². The van der Waals surface area contributed by atoms with Crippen LogP contribution >= 0.6 is 0 Å². The van der Waals surface area contributed by atoms with E-state index in [0.717, 1.165) is 12.5 Å². The standard InChI is InChI=1S/C16H31NO/c1-4-11-17-14-12-15(18-13(3)5-2)16(14)9-7-6-8-10-16/h13-15,17H,4-12H2,1-3H3. The lowest BCUT2D eigenvalue weighted by atomic mass is 9.55. The lowest BCUT2D eigenvalue weighted by molar-refractivity contribution is -0.173. The number of nitrogens with one attached hydrogen (secondary N) is 1. The first kappa shape index (κ1) is 14.3. The molecule has 2 aliphatic carbocycles. The maximum atomic E-state index is 6.30. The lowest BCUT2D eigenvalue weighted by Crippen LogP contribution is -2.65. The summed E-state index contributed by atoms with van der Waals surface area (Å²) < 4.78 is 6.30. The Morgan fingerprint density at radius 3 is 2.56 bits per heavy atom. The molecule has 0 bridgehead atoms. The van der Waals surface area contributed by atoms with Crippen molar-refractivity contribution in [3.8, 4) is 0 Å². The third-order valence-electron chi connectivity index (χ3n) is 5.18. The van der Waals surface area contributed by atoms with Crippen LogP contribution in [0.3, 0.4) is 0 Å². The Labute approximate surface area is 113 Å². The summed E-state index contributed by atoms with van der Waals surface area (Å²) in [6, 6.07) is 0.729. The van der Waals surface area contributed by atoms with Crippen molar-refractivity contribution < 1.29 is 4.74 Å². The fourth-order valence-electron chi connectivity index (χ4n) is 3.80. The van der Waals surface area contributed by atoms with E-state index in [1.54, 1.807) is 0 Å². The number of hydrogen-bond donors (Lipinski definition) is 1. The van der Waals surface area contributed by atoms with Crippen LogP contribution < -0.4 is 5.32 Å². The van der Waals surface area contributed by atoms with Gasteiger partial charge < -0.3 is 10.1 Å². The maximum absolute atomic E-state index is 6.30. The van der Waals surface area contributed by atoms with Gasteiger partial charge in [-0.05, 0) is 45.6 Å². The smallest absolute Gasteiger partial charge is 0.0664 e. The molecule has 1 spiro atoms. The second-order valence-electron chi connectivity index (χ2n) is 6.38. The van der Waals surface area contributed by atoms with Gasteiger partial charge >= 0.3 is 0 Å². The van der Waals surface area contributed by atoms with Gasteiger partial charge in [0.1, 0.15) is 0 Å². The van der Waals surface area contributed by atoms with Crippen molar-refractivity contribution in [1.82, 2.24) is 5.32 Å². The zero-order chi connectivity index (χ0) is 13.0. The third kappa shape index (κ3) is 2.75. The highest BCUT2D eigenvalue weighted by Crippen LogP contribution is 2.53. The Balaban J connectivity index is 1.95. The minimum absolute atomic E-state index is 0.431. The first-order valence-corrected chi connectivity index (χ1v) is 8.11. The van der Waals surface area contributed by atoms with Gasteiger partial charge in [0.2, 0.25) is 0 Å². The van der Waals surface area contributed by atoms with Gasteiger partial charge in [0.15, 0.2) is 0 Å². The van der Waals surface area contributed by atoms with E-state index in [1.165, 1.54) is 51.5 Å². The SMILES string of the molecule is CCCNC1CC(OC(C)CC)C12CCCCC2. The fraction of sp³-hybridized carbons (Fsp3) is 1.00. The molecular weight excluding hydrogens is 222 g/mol. The molecule has 106 valence electrons. The van der Waals surface area contributed by atoms with Crippen LogP contribution in [0, 0.1) is 5.41 Å². The maximum Gasteiger partial charge on any atom is 0.0664 e. The Kier molecular flexibility index (Phi) is 5.08. The summed E-state index contributed by atoms with van der Waals surface area (Å²) in [5.74, 6) is 0. The molecule has 0 aromatic carbocycles. The molecule has 0 aromatic heterocycles. The van der Waals surface area contributed by atoms with Gasteiger partial charge in [-0.25, -0.2) is 0 Å². The molecule has 1 N–H and O–H groups in total. The Morgan fingerprint density at radius 1 is 1.22 bits per heavy atom. The van der Waals surface area contributed by atoms with Crippen LogP contribution in [0.25, 0.3) is 0 Å². The van der Waals surface area contributed by atoms with Gasteiger partial charge in [-0.2, -0.15) is 0 Å². The van der Waals surface area contributed by atoms with Crippen LogP contribution in [-0.2, 0) is 4.74 Å². The van der Waals surface area contributed by atoms with E-state index in [9.17, 15) is 0 Å². The van der Waals surface area contributed by atoms with Crippen LogP contribution in [0.1, 0.15) is 72.1 Å². The molecular formula is C16H31NO. The Hall–Kier alpha value is -0.0800. The summed E-state index contributed by atoms with van der Waals surface area (Å²) in [5.41, 5.74) is 0.483. The summed E-state index contributed by atoms with van der Waals surface area (Å²) in [6.07, 6.45) is 11.6. The minimum Gasteiger partial charge on any atom is -0.375 e. The van der Waals surface area contributed by atoms with E-state index in [1.807, 2.05) is 0 Å². The molecule has 3 unspecified atom stereocenters. The molecule has 2 heteroatoms. The second kappa shape index (κ2) is 6.38. The molecule has 0 amide bonds. The zero-order valence-electron chi connectivity index (χ0n) is 12.5. The molecule has 0 radical (unpaired) electrons. The molecule has 2 nitrogen and oxygen atoms in total. The van der Waals surface area contributed by atoms with Crippen molar-refractivity contribution in [1.29, 1.82) is 0 Å². The molecule has 18 heavy (non-hydrogen) atoms. The average Bonchev–Trinajstić information content (AvgIpc) is 2.42. The Bertz CT molecular complexity index is 247. The van der Waals surface area contributed by atoms with E-state index >= 15 is 0 Å². The predicted octanol–water partition coefficient (Wildman–Crippen LogP) is 3.89. The van der Waals surface area contributed by atoms with Crippen molar-refractivity contribution in [2.75, 3.05) is 6.54 Å². The van der Waals surface area contributed by atoms with Crippen LogP contribution in [-0.4, -0.2) is 24.8 Å². The number of hydrogen-bond acceptors (Lipinski definition) is 2. The first-order valence-electron chi connectivity index (χ1n) is 8.11. The topological polar surface area (TPSA) is 21.3 Å². The van der Waals surface area contributed by atoms with Crippen LogP contribution in [0.15, 0.2) is 0 Å². The molecule has 2 fully saturated rings. The van der Waals surface area contributed by atoms with Gasteiger partial charge in [0.05, 0.1) is 12.2 Å². The van der Waals surface area contributed by atoms with Crippen molar-refractivity contribution in [2.45, 2.75) is 90.4 Å². The van der Waals surface area contributed by atoms with Gasteiger partial charge in [0, 0.05) is 11.5 Å². The van der Waals surface area contributed by atoms with Gasteiger partial charge in [0.25, 0.3) is 0 Å². The minimum atomic E-state index is 0.431. The summed E-state index contributed by atoms with van der Waals surface area (Å²) in [4.78, 5) is 0. The van der Waals surface area contributed by atoms with Crippen LogP contribution in [0.2, 0.25) is 0 Å². The van der Waals surface area contributed by atoms with Gasteiger partial charge in [-0.15, -0.1) is 0 Å². The lowest BCUT2D eigenvalue weighted by Gasteiger charge is -2.58. The first-order chi connectivity index (χ1) is 8.73. The van der Waals surface area contributed by atoms with Crippen molar-refractivity contribution in [3.05, 3.63) is 0 Å². The predicted molar refractivity (Wildman–Crippen MR) is 76.8 cm³/mol. The summed E-state index contributed by atoms with van der Waals surface area (Å²) >= 11 is 0. The van der Waals surface area contributed by atoms with E-state index in [4.69, 9.17) is 4.74 Å². The van der Waals surface area contributed by atoms with E-state index < -0.39 is 0 Å². The number of rotatable bonds is 6. The van der Waals surface area contributed by atoms with Gasteiger partial charge in [-0.3, -0.25) is 0 Å². The monoisotopic (exact) mass is 253 g/mol. The molecule has 0 heterocycles. The highest BCUT2D eigenvalue weighted by atomic mass is 16.5. The van der Waals surface area contributed by atoms with Crippen molar-refractivity contribution >= 4 is 0 Å². The Morgan fingerprint density at radius 2 is 1.94 bits per heavy atom. The van der Waals surface area contributed by atoms with Crippen molar-refractivity contribution in [2.24, 2.45) is 5.41 Å². The van der Waals surface area contributed by atoms with Crippen molar-refractivity contribution in [3.63, 3.8) is 0 Å². The molecule has 2 aliphatic rings. The van der Waals surface area contributed by atoms with E-state index in [-0.39, 0.29) is 0 Å². The molecule has 0 aromatic rings.